The molecule has 1 amide bonds. The molecule has 25 heavy (non-hydrogen) atoms. The molecule has 5 heteroatoms. The van der Waals surface area contributed by atoms with Gasteiger partial charge in [-0.2, -0.15) is 0 Å². The Morgan fingerprint density at radius 1 is 1.36 bits per heavy atom. The summed E-state index contributed by atoms with van der Waals surface area (Å²) in [6, 6.07) is 9.69. The van der Waals surface area contributed by atoms with Gasteiger partial charge in [0, 0.05) is 25.7 Å². The van der Waals surface area contributed by atoms with Gasteiger partial charge in [0.15, 0.2) is 0 Å². The van der Waals surface area contributed by atoms with E-state index in [9.17, 15) is 4.79 Å². The molecule has 0 aliphatic heterocycles. The van der Waals surface area contributed by atoms with Crippen LogP contribution in [0.5, 0.6) is 0 Å². The van der Waals surface area contributed by atoms with Crippen molar-refractivity contribution in [3.8, 4) is 0 Å². The van der Waals surface area contributed by atoms with Crippen molar-refractivity contribution in [2.24, 2.45) is 11.1 Å². The van der Waals surface area contributed by atoms with Crippen LogP contribution in [0.4, 0.5) is 0 Å². The lowest BCUT2D eigenvalue weighted by molar-refractivity contribution is -0.122. The number of aromatic nitrogens is 2. The number of imidazole rings is 1. The van der Waals surface area contributed by atoms with Gasteiger partial charge in [-0.25, -0.2) is 4.98 Å². The maximum Gasteiger partial charge on any atom is 0.237 e. The summed E-state index contributed by atoms with van der Waals surface area (Å²) in [6.07, 6.45) is 9.04. The Morgan fingerprint density at radius 3 is 2.80 bits per heavy atom. The number of carbonyl (C=O) groups is 1. The summed E-state index contributed by atoms with van der Waals surface area (Å²) in [5.74, 6) is -0.0695. The van der Waals surface area contributed by atoms with Crippen LogP contribution >= 0.6 is 0 Å². The third-order valence-electron chi connectivity index (χ3n) is 5.04. The van der Waals surface area contributed by atoms with E-state index < -0.39 is 6.04 Å². The quantitative estimate of drug-likeness (QED) is 0.736. The second-order valence-electron chi connectivity index (χ2n) is 7.30. The molecule has 3 rings (SSSR count). The van der Waals surface area contributed by atoms with E-state index in [1.165, 1.54) is 31.2 Å². The maximum atomic E-state index is 12.3. The third kappa shape index (κ3) is 4.92. The first-order chi connectivity index (χ1) is 12.1. The molecule has 1 atom stereocenters. The van der Waals surface area contributed by atoms with Crippen LogP contribution in [-0.4, -0.2) is 28.0 Å². The van der Waals surface area contributed by atoms with E-state index >= 15 is 0 Å². The second kappa shape index (κ2) is 7.83. The van der Waals surface area contributed by atoms with E-state index in [2.05, 4.69) is 29.4 Å². The minimum Gasteiger partial charge on any atom is -0.354 e. The summed E-state index contributed by atoms with van der Waals surface area (Å²) in [7, 11) is 0. The van der Waals surface area contributed by atoms with Crippen LogP contribution in [0.3, 0.4) is 0 Å². The molecule has 1 heterocycles. The first kappa shape index (κ1) is 17.7. The molecule has 1 fully saturated rings. The monoisotopic (exact) mass is 340 g/mol. The smallest absolute Gasteiger partial charge is 0.237 e. The zero-order chi connectivity index (χ0) is 17.7. The van der Waals surface area contributed by atoms with E-state index in [0.717, 1.165) is 18.8 Å². The fourth-order valence-corrected chi connectivity index (χ4v) is 3.34. The molecular formula is C20H28N4O. The average Bonchev–Trinajstić information content (AvgIpc) is 3.25. The van der Waals surface area contributed by atoms with E-state index in [4.69, 9.17) is 5.73 Å². The van der Waals surface area contributed by atoms with Crippen LogP contribution in [0.1, 0.15) is 43.9 Å². The fraction of sp³-hybridized carbons (Fsp3) is 0.500. The SMILES string of the molecule is CCCC1(CNC(=O)[C@@H](N)Cc2cn(Cc3ccccc3)cn2)CC1. The number of rotatable bonds is 9. The van der Waals surface area contributed by atoms with E-state index in [0.29, 0.717) is 11.8 Å². The largest absolute Gasteiger partial charge is 0.354 e. The molecule has 1 aromatic carbocycles. The first-order valence-electron chi connectivity index (χ1n) is 9.18. The number of nitrogens with two attached hydrogens (primary N) is 1. The van der Waals surface area contributed by atoms with Crippen molar-refractivity contribution in [2.45, 2.75) is 51.6 Å². The molecular weight excluding hydrogens is 312 g/mol. The second-order valence-corrected chi connectivity index (χ2v) is 7.30. The number of hydrogen-bond donors (Lipinski definition) is 2. The fourth-order valence-electron chi connectivity index (χ4n) is 3.34. The summed E-state index contributed by atoms with van der Waals surface area (Å²) < 4.78 is 2.02. The van der Waals surface area contributed by atoms with Crippen LogP contribution in [-0.2, 0) is 17.8 Å². The van der Waals surface area contributed by atoms with Crippen molar-refractivity contribution in [1.82, 2.24) is 14.9 Å². The molecule has 1 aliphatic carbocycles. The van der Waals surface area contributed by atoms with Gasteiger partial charge < -0.3 is 15.6 Å². The Labute approximate surface area is 149 Å². The van der Waals surface area contributed by atoms with Crippen molar-refractivity contribution in [3.63, 3.8) is 0 Å². The van der Waals surface area contributed by atoms with Crippen LogP contribution in [0.15, 0.2) is 42.9 Å². The Hall–Kier alpha value is -2.14. The van der Waals surface area contributed by atoms with Gasteiger partial charge in [-0.1, -0.05) is 43.7 Å². The van der Waals surface area contributed by atoms with Crippen molar-refractivity contribution in [3.05, 3.63) is 54.1 Å². The highest BCUT2D eigenvalue weighted by Crippen LogP contribution is 2.48. The molecule has 5 nitrogen and oxygen atoms in total. The average molecular weight is 340 g/mol. The van der Waals surface area contributed by atoms with Crippen molar-refractivity contribution in [2.75, 3.05) is 6.54 Å². The van der Waals surface area contributed by atoms with Gasteiger partial charge in [-0.05, 0) is 30.2 Å². The number of benzene rings is 1. The summed E-state index contributed by atoms with van der Waals surface area (Å²) in [5.41, 5.74) is 8.50. The maximum absolute atomic E-state index is 12.3. The number of nitrogens with one attached hydrogen (secondary N) is 1. The standard InChI is InChI=1S/C20H28N4O/c1-2-8-20(9-10-20)14-22-19(25)18(21)11-17-13-24(15-23-17)12-16-6-4-3-5-7-16/h3-7,13,15,18H,2,8-12,14,21H2,1H3,(H,22,25)/t18-/m0/s1. The topological polar surface area (TPSA) is 72.9 Å². The van der Waals surface area contributed by atoms with Crippen molar-refractivity contribution >= 4 is 5.91 Å². The lowest BCUT2D eigenvalue weighted by atomic mass is 10.0. The molecule has 0 saturated heterocycles. The Bertz CT molecular complexity index is 691. The van der Waals surface area contributed by atoms with E-state index in [-0.39, 0.29) is 5.91 Å². The molecule has 0 unspecified atom stereocenters. The van der Waals surface area contributed by atoms with Gasteiger partial charge in [0.1, 0.15) is 0 Å². The highest BCUT2D eigenvalue weighted by molar-refractivity contribution is 5.81. The zero-order valence-corrected chi connectivity index (χ0v) is 14.9. The minimum absolute atomic E-state index is 0.0695. The summed E-state index contributed by atoms with van der Waals surface area (Å²) in [4.78, 5) is 16.6. The van der Waals surface area contributed by atoms with Crippen molar-refractivity contribution in [1.29, 1.82) is 0 Å². The first-order valence-corrected chi connectivity index (χ1v) is 9.18. The molecule has 1 aliphatic rings. The Balaban J connectivity index is 1.47. The molecule has 0 radical (unpaired) electrons. The number of amides is 1. The molecule has 1 saturated carbocycles. The predicted octanol–water partition coefficient (Wildman–Crippen LogP) is 2.50. The highest BCUT2D eigenvalue weighted by atomic mass is 16.2. The van der Waals surface area contributed by atoms with Gasteiger partial charge in [0.2, 0.25) is 5.91 Å². The van der Waals surface area contributed by atoms with E-state index in [1.54, 1.807) is 6.33 Å². The molecule has 3 N–H and O–H groups in total. The van der Waals surface area contributed by atoms with Crippen LogP contribution in [0.25, 0.3) is 0 Å². The summed E-state index contributed by atoms with van der Waals surface area (Å²) in [5, 5.41) is 3.04. The van der Waals surface area contributed by atoms with E-state index in [1.807, 2.05) is 29.0 Å². The summed E-state index contributed by atoms with van der Waals surface area (Å²) in [6.45, 7) is 3.73. The molecule has 1 aromatic heterocycles. The Morgan fingerprint density at radius 2 is 2.12 bits per heavy atom. The molecule has 0 spiro atoms. The normalized spacial score (nSPS) is 16.4. The molecule has 134 valence electrons. The van der Waals surface area contributed by atoms with Crippen molar-refractivity contribution < 1.29 is 4.79 Å². The van der Waals surface area contributed by atoms with Gasteiger partial charge in [-0.15, -0.1) is 0 Å². The highest BCUT2D eigenvalue weighted by Gasteiger charge is 2.41. The number of carbonyl (C=O) groups excluding carboxylic acids is 1. The van der Waals surface area contributed by atoms with Gasteiger partial charge >= 0.3 is 0 Å². The Kier molecular flexibility index (Phi) is 5.53. The minimum atomic E-state index is -0.544. The van der Waals surface area contributed by atoms with Crippen LogP contribution in [0, 0.1) is 5.41 Å². The lowest BCUT2D eigenvalue weighted by Gasteiger charge is -2.17. The predicted molar refractivity (Wildman–Crippen MR) is 99.0 cm³/mol. The van der Waals surface area contributed by atoms with Crippen LogP contribution < -0.4 is 11.1 Å². The van der Waals surface area contributed by atoms with Gasteiger partial charge in [-0.3, -0.25) is 4.79 Å². The van der Waals surface area contributed by atoms with Crippen LogP contribution in [0.2, 0.25) is 0 Å². The lowest BCUT2D eigenvalue weighted by Crippen LogP contribution is -2.44. The number of nitrogens with zero attached hydrogens (tertiary/aromatic N) is 2. The third-order valence-corrected chi connectivity index (χ3v) is 5.04. The summed E-state index contributed by atoms with van der Waals surface area (Å²) >= 11 is 0. The molecule has 2 aromatic rings. The zero-order valence-electron chi connectivity index (χ0n) is 14.9. The molecule has 0 bridgehead atoms. The van der Waals surface area contributed by atoms with Gasteiger partial charge in [0.05, 0.1) is 18.1 Å². The van der Waals surface area contributed by atoms with Gasteiger partial charge in [0.25, 0.3) is 0 Å². The number of hydrogen-bond acceptors (Lipinski definition) is 3.